The quantitative estimate of drug-likeness (QED) is 0.479. The molecule has 0 unspecified atom stereocenters. The number of aromatic nitrogens is 4. The van der Waals surface area contributed by atoms with E-state index in [1.807, 2.05) is 12.1 Å². The zero-order chi connectivity index (χ0) is 20.1. The summed E-state index contributed by atoms with van der Waals surface area (Å²) in [7, 11) is 0. The summed E-state index contributed by atoms with van der Waals surface area (Å²) < 4.78 is 1.54. The van der Waals surface area contributed by atoms with Crippen molar-refractivity contribution in [2.24, 2.45) is 0 Å². The molecule has 0 radical (unpaired) electrons. The molecule has 4 rings (SSSR count). The van der Waals surface area contributed by atoms with Gasteiger partial charge < -0.3 is 5.32 Å². The number of rotatable bonds is 8. The highest BCUT2D eigenvalue weighted by molar-refractivity contribution is 5.62. The van der Waals surface area contributed by atoms with E-state index in [-0.39, 0.29) is 11.6 Å². The number of hydrogen-bond acceptors (Lipinski definition) is 4. The summed E-state index contributed by atoms with van der Waals surface area (Å²) in [5.74, 6) is 0.790. The second-order valence-corrected chi connectivity index (χ2v) is 7.16. The van der Waals surface area contributed by atoms with Crippen LogP contribution in [-0.2, 0) is 6.42 Å². The van der Waals surface area contributed by atoms with Crippen LogP contribution in [0.3, 0.4) is 0 Å². The minimum Gasteiger partial charge on any atom is -0.366 e. The van der Waals surface area contributed by atoms with Crippen molar-refractivity contribution in [2.45, 2.75) is 32.1 Å². The van der Waals surface area contributed by atoms with Crippen molar-refractivity contribution in [2.75, 3.05) is 11.9 Å². The molecule has 148 valence electrons. The Morgan fingerprint density at radius 2 is 1.69 bits per heavy atom. The number of aryl methyl sites for hydroxylation is 1. The fourth-order valence-corrected chi connectivity index (χ4v) is 3.56. The predicted molar refractivity (Wildman–Crippen MR) is 115 cm³/mol. The SMILES string of the molecule is CCCCc1cn2c(=O)[nH]nc2c(NCC(c2ccccc2)c2ccccc2)n1. The number of fused-ring (bicyclic) bond motifs is 1. The van der Waals surface area contributed by atoms with Gasteiger partial charge in [0.15, 0.2) is 5.82 Å². The normalized spacial score (nSPS) is 11.2. The maximum atomic E-state index is 12.1. The van der Waals surface area contributed by atoms with E-state index >= 15 is 0 Å². The topological polar surface area (TPSA) is 75.1 Å². The zero-order valence-electron chi connectivity index (χ0n) is 16.5. The first-order chi connectivity index (χ1) is 14.3. The molecule has 0 aliphatic rings. The standard InChI is InChI=1S/C23H25N5O/c1-2-3-14-19-16-28-22(26-27-23(28)29)21(25-19)24-15-20(17-10-6-4-7-11-17)18-12-8-5-9-13-18/h4-13,16,20H,2-3,14-15H2,1H3,(H,24,25)(H,27,29). The van der Waals surface area contributed by atoms with Gasteiger partial charge in [-0.05, 0) is 24.0 Å². The van der Waals surface area contributed by atoms with Gasteiger partial charge in [0.05, 0.1) is 5.69 Å². The highest BCUT2D eigenvalue weighted by atomic mass is 16.1. The monoisotopic (exact) mass is 387 g/mol. The summed E-state index contributed by atoms with van der Waals surface area (Å²) in [5, 5.41) is 10.2. The molecule has 2 aromatic heterocycles. The van der Waals surface area contributed by atoms with E-state index < -0.39 is 0 Å². The predicted octanol–water partition coefficient (Wildman–Crippen LogP) is 4.00. The summed E-state index contributed by atoms with van der Waals surface area (Å²) >= 11 is 0. The number of hydrogen-bond donors (Lipinski definition) is 2. The minimum atomic E-state index is -0.245. The number of anilines is 1. The Morgan fingerprint density at radius 3 is 2.31 bits per heavy atom. The van der Waals surface area contributed by atoms with E-state index in [1.54, 1.807) is 10.6 Å². The van der Waals surface area contributed by atoms with E-state index in [1.165, 1.54) is 11.1 Å². The lowest BCUT2D eigenvalue weighted by Gasteiger charge is -2.19. The van der Waals surface area contributed by atoms with Gasteiger partial charge in [-0.1, -0.05) is 74.0 Å². The lowest BCUT2D eigenvalue weighted by atomic mass is 9.91. The lowest BCUT2D eigenvalue weighted by molar-refractivity contribution is 0.767. The van der Waals surface area contributed by atoms with Gasteiger partial charge in [0, 0.05) is 18.7 Å². The van der Waals surface area contributed by atoms with Crippen molar-refractivity contribution in [3.63, 3.8) is 0 Å². The number of unbranched alkanes of at least 4 members (excludes halogenated alkanes) is 1. The van der Waals surface area contributed by atoms with Crippen LogP contribution in [0.4, 0.5) is 5.82 Å². The molecule has 2 N–H and O–H groups in total. The Kier molecular flexibility index (Phi) is 5.70. The van der Waals surface area contributed by atoms with Gasteiger partial charge in [-0.25, -0.2) is 19.3 Å². The van der Waals surface area contributed by atoms with E-state index in [2.05, 4.69) is 71.0 Å². The third kappa shape index (κ3) is 4.21. The van der Waals surface area contributed by atoms with Gasteiger partial charge in [-0.3, -0.25) is 0 Å². The Labute approximate surface area is 169 Å². The number of benzene rings is 2. The fraction of sp³-hybridized carbons (Fsp3) is 0.261. The average molecular weight is 387 g/mol. The van der Waals surface area contributed by atoms with Gasteiger partial charge in [-0.15, -0.1) is 5.10 Å². The molecule has 6 heteroatoms. The molecule has 0 bridgehead atoms. The molecule has 29 heavy (non-hydrogen) atoms. The molecule has 0 saturated heterocycles. The third-order valence-corrected chi connectivity index (χ3v) is 5.11. The van der Waals surface area contributed by atoms with Gasteiger partial charge in [0.2, 0.25) is 5.65 Å². The van der Waals surface area contributed by atoms with Gasteiger partial charge in [-0.2, -0.15) is 0 Å². The molecule has 4 aromatic rings. The van der Waals surface area contributed by atoms with Crippen LogP contribution in [0, 0.1) is 0 Å². The Bertz CT molecular complexity index is 1080. The Hall–Kier alpha value is -3.41. The average Bonchev–Trinajstić information content (AvgIpc) is 3.15. The largest absolute Gasteiger partial charge is 0.366 e. The molecule has 0 fully saturated rings. The maximum absolute atomic E-state index is 12.1. The van der Waals surface area contributed by atoms with E-state index in [9.17, 15) is 4.79 Å². The molecule has 0 saturated carbocycles. The van der Waals surface area contributed by atoms with Crippen LogP contribution in [0.2, 0.25) is 0 Å². The van der Waals surface area contributed by atoms with Crippen molar-refractivity contribution in [1.82, 2.24) is 19.6 Å². The minimum absolute atomic E-state index is 0.157. The van der Waals surface area contributed by atoms with Gasteiger partial charge >= 0.3 is 5.69 Å². The summed E-state index contributed by atoms with van der Waals surface area (Å²) in [4.78, 5) is 16.9. The molecule has 2 aromatic carbocycles. The molecule has 0 aliphatic heterocycles. The zero-order valence-corrected chi connectivity index (χ0v) is 16.5. The fourth-order valence-electron chi connectivity index (χ4n) is 3.56. The molecule has 0 spiro atoms. The van der Waals surface area contributed by atoms with E-state index in [0.717, 1.165) is 25.0 Å². The smallest absolute Gasteiger partial charge is 0.347 e. The summed E-state index contributed by atoms with van der Waals surface area (Å²) in [6.07, 6.45) is 4.72. The summed E-state index contributed by atoms with van der Waals surface area (Å²) in [6.45, 7) is 2.79. The van der Waals surface area contributed by atoms with Crippen LogP contribution >= 0.6 is 0 Å². The Morgan fingerprint density at radius 1 is 1.03 bits per heavy atom. The van der Waals surface area contributed by atoms with Crippen molar-refractivity contribution in [3.05, 3.63) is 94.2 Å². The summed E-state index contributed by atoms with van der Waals surface area (Å²) in [6, 6.07) is 20.8. The second-order valence-electron chi connectivity index (χ2n) is 7.16. The molecule has 6 nitrogen and oxygen atoms in total. The number of H-pyrrole nitrogens is 1. The second kappa shape index (κ2) is 8.73. The van der Waals surface area contributed by atoms with Crippen LogP contribution in [0.1, 0.15) is 42.5 Å². The van der Waals surface area contributed by atoms with Crippen LogP contribution in [-0.4, -0.2) is 26.1 Å². The number of aromatic amines is 1. The highest BCUT2D eigenvalue weighted by Gasteiger charge is 2.16. The first-order valence-corrected chi connectivity index (χ1v) is 10.1. The molecular weight excluding hydrogens is 362 g/mol. The van der Waals surface area contributed by atoms with Crippen LogP contribution in [0.25, 0.3) is 5.65 Å². The van der Waals surface area contributed by atoms with Crippen molar-refractivity contribution < 1.29 is 0 Å². The maximum Gasteiger partial charge on any atom is 0.347 e. The molecule has 0 aliphatic carbocycles. The summed E-state index contributed by atoms with van der Waals surface area (Å²) in [5.41, 5.74) is 3.62. The van der Waals surface area contributed by atoms with Crippen LogP contribution < -0.4 is 11.0 Å². The first-order valence-electron chi connectivity index (χ1n) is 10.1. The van der Waals surface area contributed by atoms with E-state index in [0.29, 0.717) is 18.0 Å². The van der Waals surface area contributed by atoms with Crippen molar-refractivity contribution in [1.29, 1.82) is 0 Å². The lowest BCUT2D eigenvalue weighted by Crippen LogP contribution is -2.17. The highest BCUT2D eigenvalue weighted by Crippen LogP contribution is 2.25. The van der Waals surface area contributed by atoms with Gasteiger partial charge in [0.25, 0.3) is 0 Å². The number of nitrogens with zero attached hydrogens (tertiary/aromatic N) is 3. The van der Waals surface area contributed by atoms with Crippen LogP contribution in [0.5, 0.6) is 0 Å². The van der Waals surface area contributed by atoms with Gasteiger partial charge in [0.1, 0.15) is 0 Å². The molecule has 0 atom stereocenters. The number of nitrogens with one attached hydrogen (secondary N) is 2. The van der Waals surface area contributed by atoms with E-state index in [4.69, 9.17) is 4.98 Å². The Balaban J connectivity index is 1.67. The first kappa shape index (κ1) is 18.9. The molecule has 0 amide bonds. The van der Waals surface area contributed by atoms with Crippen LogP contribution in [0.15, 0.2) is 71.7 Å². The van der Waals surface area contributed by atoms with Crippen molar-refractivity contribution in [3.8, 4) is 0 Å². The molecular formula is C23H25N5O. The van der Waals surface area contributed by atoms with Crippen molar-refractivity contribution >= 4 is 11.5 Å². The third-order valence-electron chi connectivity index (χ3n) is 5.11. The molecule has 2 heterocycles.